The van der Waals surface area contributed by atoms with Gasteiger partial charge in [-0.3, -0.25) is 20.4 Å². The van der Waals surface area contributed by atoms with Crippen LogP contribution < -0.4 is 15.6 Å². The van der Waals surface area contributed by atoms with Gasteiger partial charge in [-0.15, -0.1) is 0 Å². The van der Waals surface area contributed by atoms with Gasteiger partial charge in [-0.2, -0.15) is 0 Å². The van der Waals surface area contributed by atoms with Crippen molar-refractivity contribution in [3.8, 4) is 5.75 Å². The van der Waals surface area contributed by atoms with Crippen molar-refractivity contribution in [1.82, 2.24) is 15.8 Å². The van der Waals surface area contributed by atoms with E-state index in [0.717, 1.165) is 0 Å². The summed E-state index contributed by atoms with van der Waals surface area (Å²) in [4.78, 5) is 27.5. The number of benzene rings is 1. The molecule has 0 saturated heterocycles. The molecule has 2 aromatic rings. The van der Waals surface area contributed by atoms with Gasteiger partial charge in [-0.25, -0.2) is 4.98 Å². The lowest BCUT2D eigenvalue weighted by atomic mass is 10.2. The number of aromatic nitrogens is 1. The number of hydrogen-bond acceptors (Lipinski definition) is 4. The van der Waals surface area contributed by atoms with Gasteiger partial charge in [0.1, 0.15) is 10.9 Å². The second-order valence-electron chi connectivity index (χ2n) is 4.24. The molecule has 0 atom stereocenters. The summed E-state index contributed by atoms with van der Waals surface area (Å²) in [5.74, 6) is -0.239. The van der Waals surface area contributed by atoms with Gasteiger partial charge in [0.2, 0.25) is 0 Å². The molecule has 0 spiro atoms. The molecule has 0 bridgehead atoms. The molecule has 0 saturated carbocycles. The maximum Gasteiger partial charge on any atom is 0.271 e. The molecule has 0 unspecified atom stereocenters. The number of carbonyl (C=O) groups excluding carboxylic acids is 2. The zero-order valence-corrected chi connectivity index (χ0v) is 12.6. The van der Waals surface area contributed by atoms with E-state index in [0.29, 0.717) is 17.9 Å². The molecular formula is C15H14ClN3O3. The minimum absolute atomic E-state index is 0.287. The van der Waals surface area contributed by atoms with E-state index in [1.54, 1.807) is 24.3 Å². The van der Waals surface area contributed by atoms with Crippen molar-refractivity contribution in [2.24, 2.45) is 0 Å². The fourth-order valence-corrected chi connectivity index (χ4v) is 1.75. The van der Waals surface area contributed by atoms with Gasteiger partial charge in [-0.1, -0.05) is 11.6 Å². The normalized spacial score (nSPS) is 9.91. The molecule has 7 heteroatoms. The summed E-state index contributed by atoms with van der Waals surface area (Å²) < 4.78 is 5.29. The monoisotopic (exact) mass is 319 g/mol. The second-order valence-corrected chi connectivity index (χ2v) is 4.62. The zero-order chi connectivity index (χ0) is 15.9. The van der Waals surface area contributed by atoms with Crippen LogP contribution in [0, 0.1) is 0 Å². The largest absolute Gasteiger partial charge is 0.494 e. The highest BCUT2D eigenvalue weighted by Crippen LogP contribution is 2.11. The Hall–Kier alpha value is -2.60. The maximum absolute atomic E-state index is 11.9. The van der Waals surface area contributed by atoms with E-state index in [-0.39, 0.29) is 10.7 Å². The first kappa shape index (κ1) is 15.8. The van der Waals surface area contributed by atoms with Crippen molar-refractivity contribution in [3.63, 3.8) is 0 Å². The Morgan fingerprint density at radius 2 is 1.64 bits per heavy atom. The number of amides is 2. The minimum Gasteiger partial charge on any atom is -0.494 e. The summed E-state index contributed by atoms with van der Waals surface area (Å²) in [5, 5.41) is 0.287. The van der Waals surface area contributed by atoms with E-state index in [1.807, 2.05) is 6.92 Å². The van der Waals surface area contributed by atoms with Crippen LogP contribution in [0.1, 0.15) is 27.6 Å². The third kappa shape index (κ3) is 4.20. The first-order chi connectivity index (χ1) is 10.6. The average Bonchev–Trinajstić information content (AvgIpc) is 2.54. The van der Waals surface area contributed by atoms with E-state index in [1.165, 1.54) is 18.3 Å². The van der Waals surface area contributed by atoms with Crippen LogP contribution in [0.15, 0.2) is 42.6 Å². The molecule has 6 nitrogen and oxygen atoms in total. The molecule has 0 radical (unpaired) electrons. The molecule has 114 valence electrons. The number of nitrogens with zero attached hydrogens (tertiary/aromatic N) is 1. The van der Waals surface area contributed by atoms with E-state index < -0.39 is 11.8 Å². The molecule has 0 fully saturated rings. The molecule has 1 aromatic carbocycles. The van der Waals surface area contributed by atoms with Crippen molar-refractivity contribution in [3.05, 3.63) is 58.9 Å². The smallest absolute Gasteiger partial charge is 0.271 e. The molecule has 0 aliphatic rings. The SMILES string of the molecule is CCOc1ccc(C(=O)NNC(=O)c2ccc(Cl)nc2)cc1. The number of hydrogen-bond donors (Lipinski definition) is 2. The van der Waals surface area contributed by atoms with Crippen molar-refractivity contribution >= 4 is 23.4 Å². The summed E-state index contributed by atoms with van der Waals surface area (Å²) >= 11 is 5.64. The quantitative estimate of drug-likeness (QED) is 0.669. The minimum atomic E-state index is -0.483. The highest BCUT2D eigenvalue weighted by atomic mass is 35.5. The number of halogens is 1. The maximum atomic E-state index is 11.9. The predicted octanol–water partition coefficient (Wildman–Crippen LogP) is 2.21. The van der Waals surface area contributed by atoms with Crippen LogP contribution in [0.2, 0.25) is 5.15 Å². The first-order valence-electron chi connectivity index (χ1n) is 6.55. The summed E-state index contributed by atoms with van der Waals surface area (Å²) in [6.07, 6.45) is 1.32. The molecule has 2 rings (SSSR count). The van der Waals surface area contributed by atoms with Crippen LogP contribution in [-0.2, 0) is 0 Å². The zero-order valence-electron chi connectivity index (χ0n) is 11.8. The van der Waals surface area contributed by atoms with Crippen molar-refractivity contribution in [2.75, 3.05) is 6.61 Å². The molecule has 2 amide bonds. The molecule has 22 heavy (non-hydrogen) atoms. The second kappa shape index (κ2) is 7.42. The molecule has 2 N–H and O–H groups in total. The van der Waals surface area contributed by atoms with Crippen LogP contribution in [0.4, 0.5) is 0 Å². The predicted molar refractivity (Wildman–Crippen MR) is 81.8 cm³/mol. The third-order valence-electron chi connectivity index (χ3n) is 2.71. The molecule has 0 aliphatic heterocycles. The van der Waals surface area contributed by atoms with Gasteiger partial charge in [0.15, 0.2) is 0 Å². The van der Waals surface area contributed by atoms with Gasteiger partial charge in [-0.05, 0) is 43.3 Å². The summed E-state index contributed by atoms with van der Waals surface area (Å²) in [6, 6.07) is 9.58. The standard InChI is InChI=1S/C15H14ClN3O3/c1-2-22-12-6-3-10(4-7-12)14(20)18-19-15(21)11-5-8-13(16)17-9-11/h3-9H,2H2,1H3,(H,18,20)(H,19,21). The van der Waals surface area contributed by atoms with Crippen LogP contribution in [0.25, 0.3) is 0 Å². The lowest BCUT2D eigenvalue weighted by Gasteiger charge is -2.08. The number of hydrazine groups is 1. The van der Waals surface area contributed by atoms with Crippen molar-refractivity contribution in [1.29, 1.82) is 0 Å². The van der Waals surface area contributed by atoms with Crippen LogP contribution >= 0.6 is 11.6 Å². The number of ether oxygens (including phenoxy) is 1. The molecule has 1 aromatic heterocycles. The Morgan fingerprint density at radius 1 is 1.05 bits per heavy atom. The summed E-state index contributed by atoms with van der Waals surface area (Å²) in [6.45, 7) is 2.43. The average molecular weight is 320 g/mol. The van der Waals surface area contributed by atoms with Gasteiger partial charge in [0.05, 0.1) is 12.2 Å². The highest BCUT2D eigenvalue weighted by Gasteiger charge is 2.09. The topological polar surface area (TPSA) is 80.3 Å². The Morgan fingerprint density at radius 3 is 2.18 bits per heavy atom. The van der Waals surface area contributed by atoms with E-state index in [9.17, 15) is 9.59 Å². The number of pyridine rings is 1. The highest BCUT2D eigenvalue weighted by molar-refractivity contribution is 6.29. The molecule has 1 heterocycles. The van der Waals surface area contributed by atoms with Gasteiger partial charge in [0, 0.05) is 11.8 Å². The van der Waals surface area contributed by atoms with Gasteiger partial charge < -0.3 is 4.74 Å². The third-order valence-corrected chi connectivity index (χ3v) is 2.93. The lowest BCUT2D eigenvalue weighted by molar-refractivity contribution is 0.0846. The number of nitrogens with one attached hydrogen (secondary N) is 2. The van der Waals surface area contributed by atoms with E-state index >= 15 is 0 Å². The Bertz CT molecular complexity index is 657. The molecule has 0 aliphatic carbocycles. The van der Waals surface area contributed by atoms with Crippen molar-refractivity contribution in [2.45, 2.75) is 6.92 Å². The van der Waals surface area contributed by atoms with Crippen LogP contribution in [-0.4, -0.2) is 23.4 Å². The molecular weight excluding hydrogens is 306 g/mol. The Labute approximate surface area is 132 Å². The van der Waals surface area contributed by atoms with Gasteiger partial charge in [0.25, 0.3) is 11.8 Å². The van der Waals surface area contributed by atoms with Gasteiger partial charge >= 0.3 is 0 Å². The van der Waals surface area contributed by atoms with E-state index in [4.69, 9.17) is 16.3 Å². The van der Waals surface area contributed by atoms with E-state index in [2.05, 4.69) is 15.8 Å². The fraction of sp³-hybridized carbons (Fsp3) is 0.133. The first-order valence-corrected chi connectivity index (χ1v) is 6.93. The number of carbonyl (C=O) groups is 2. The Balaban J connectivity index is 1.91. The Kier molecular flexibility index (Phi) is 5.32. The van der Waals surface area contributed by atoms with Crippen LogP contribution in [0.5, 0.6) is 5.75 Å². The summed E-state index contributed by atoms with van der Waals surface area (Å²) in [5.41, 5.74) is 5.32. The number of rotatable bonds is 4. The fourth-order valence-electron chi connectivity index (χ4n) is 1.64. The van der Waals surface area contributed by atoms with Crippen LogP contribution in [0.3, 0.4) is 0 Å². The summed E-state index contributed by atoms with van der Waals surface area (Å²) in [7, 11) is 0. The lowest BCUT2D eigenvalue weighted by Crippen LogP contribution is -2.41. The van der Waals surface area contributed by atoms with Crippen molar-refractivity contribution < 1.29 is 14.3 Å².